The van der Waals surface area contributed by atoms with Crippen molar-refractivity contribution in [3.63, 3.8) is 0 Å². The van der Waals surface area contributed by atoms with Crippen LogP contribution in [0.5, 0.6) is 11.5 Å². The lowest BCUT2D eigenvalue weighted by Gasteiger charge is -2.13. The lowest BCUT2D eigenvalue weighted by Crippen LogP contribution is -2.31. The van der Waals surface area contributed by atoms with Gasteiger partial charge in [-0.05, 0) is 14.1 Å². The maximum absolute atomic E-state index is 12.0. The van der Waals surface area contributed by atoms with E-state index in [1.54, 1.807) is 12.1 Å². The normalized spacial score (nSPS) is 10.5. The number of amides is 1. The first-order chi connectivity index (χ1) is 12.4. The highest BCUT2D eigenvalue weighted by atomic mass is 35.5. The molecule has 1 aromatic heterocycles. The average Bonchev–Trinajstić information content (AvgIpc) is 2.63. The molecule has 1 amide bonds. The number of nitrogens with zero attached hydrogens (tertiary/aromatic N) is 3. The maximum Gasteiger partial charge on any atom is 0.254 e. The van der Waals surface area contributed by atoms with Gasteiger partial charge in [0, 0.05) is 37.6 Å². The van der Waals surface area contributed by atoms with Crippen LogP contribution in [0.25, 0.3) is 0 Å². The van der Waals surface area contributed by atoms with Crippen LogP contribution in [0, 0.1) is 0 Å². The molecule has 9 heteroatoms. The van der Waals surface area contributed by atoms with Crippen LogP contribution in [0.2, 0.25) is 5.02 Å². The van der Waals surface area contributed by atoms with Gasteiger partial charge in [-0.2, -0.15) is 0 Å². The number of carbonyl (C=O) groups is 1. The van der Waals surface area contributed by atoms with Gasteiger partial charge in [-0.1, -0.05) is 11.6 Å². The number of likely N-dealkylation sites (N-methyl/N-ethyl adjacent to an activating group) is 1. The van der Waals surface area contributed by atoms with E-state index in [0.29, 0.717) is 40.3 Å². The Hall–Kier alpha value is -2.58. The number of carbonyl (C=O) groups excluding carboxylic acids is 1. The highest BCUT2D eigenvalue weighted by Crippen LogP contribution is 2.36. The van der Waals surface area contributed by atoms with E-state index in [-0.39, 0.29) is 5.91 Å². The Morgan fingerprint density at radius 3 is 2.38 bits per heavy atom. The number of hydrogen-bond donors (Lipinski definition) is 2. The summed E-state index contributed by atoms with van der Waals surface area (Å²) in [5, 5.41) is 6.26. The Labute approximate surface area is 157 Å². The highest BCUT2D eigenvalue weighted by molar-refractivity contribution is 6.32. The Kier molecular flexibility index (Phi) is 6.99. The zero-order chi connectivity index (χ0) is 19.1. The molecular weight excluding hydrogens is 358 g/mol. The highest BCUT2D eigenvalue weighted by Gasteiger charge is 2.12. The molecule has 1 heterocycles. The fourth-order valence-corrected chi connectivity index (χ4v) is 2.31. The van der Waals surface area contributed by atoms with Gasteiger partial charge < -0.3 is 25.0 Å². The second-order valence-electron chi connectivity index (χ2n) is 5.67. The minimum absolute atomic E-state index is 0.218. The third kappa shape index (κ3) is 5.21. The van der Waals surface area contributed by atoms with Crippen LogP contribution in [0.1, 0.15) is 10.4 Å². The van der Waals surface area contributed by atoms with Gasteiger partial charge in [0.1, 0.15) is 11.5 Å². The van der Waals surface area contributed by atoms with E-state index in [4.69, 9.17) is 21.1 Å². The molecule has 0 saturated carbocycles. The molecule has 140 valence electrons. The van der Waals surface area contributed by atoms with Crippen LogP contribution in [0.15, 0.2) is 24.5 Å². The molecule has 8 nitrogen and oxygen atoms in total. The van der Waals surface area contributed by atoms with Gasteiger partial charge in [-0.25, -0.2) is 9.97 Å². The van der Waals surface area contributed by atoms with E-state index in [1.807, 2.05) is 19.0 Å². The maximum atomic E-state index is 12.0. The molecule has 2 rings (SSSR count). The summed E-state index contributed by atoms with van der Waals surface area (Å²) >= 11 is 6.09. The second-order valence-corrected chi connectivity index (χ2v) is 6.07. The van der Waals surface area contributed by atoms with Crippen molar-refractivity contribution >= 4 is 29.1 Å². The first-order valence-electron chi connectivity index (χ1n) is 7.88. The molecule has 1 aromatic carbocycles. The zero-order valence-corrected chi connectivity index (χ0v) is 15.9. The molecule has 0 bridgehead atoms. The van der Waals surface area contributed by atoms with Gasteiger partial charge in [0.2, 0.25) is 5.95 Å². The Morgan fingerprint density at radius 2 is 1.81 bits per heavy atom. The number of aromatic nitrogens is 2. The number of anilines is 2. The molecule has 0 unspecified atom stereocenters. The van der Waals surface area contributed by atoms with Crippen molar-refractivity contribution in [2.45, 2.75) is 0 Å². The third-order valence-corrected chi connectivity index (χ3v) is 3.77. The lowest BCUT2D eigenvalue weighted by molar-refractivity contribution is 0.0950. The fourth-order valence-electron chi connectivity index (χ4n) is 2.08. The summed E-state index contributed by atoms with van der Waals surface area (Å²) in [5.74, 6) is 1.11. The van der Waals surface area contributed by atoms with Crippen molar-refractivity contribution in [2.24, 2.45) is 0 Å². The van der Waals surface area contributed by atoms with Gasteiger partial charge in [0.15, 0.2) is 0 Å². The smallest absolute Gasteiger partial charge is 0.254 e. The molecule has 0 saturated heterocycles. The molecule has 0 aliphatic carbocycles. The molecule has 0 spiro atoms. The molecule has 0 aliphatic rings. The standard InChI is InChI=1S/C17H22ClN5O3/c1-23(2)6-5-19-16(24)11-9-20-17(21-10-11)22-13-8-14(25-3)12(18)7-15(13)26-4/h7-10H,5-6H2,1-4H3,(H,19,24)(H,20,21,22). The number of ether oxygens (including phenoxy) is 2. The van der Waals surface area contributed by atoms with Crippen LogP contribution >= 0.6 is 11.6 Å². The first kappa shape index (κ1) is 19.7. The number of halogens is 1. The first-order valence-corrected chi connectivity index (χ1v) is 8.26. The van der Waals surface area contributed by atoms with E-state index >= 15 is 0 Å². The zero-order valence-electron chi connectivity index (χ0n) is 15.2. The fraction of sp³-hybridized carbons (Fsp3) is 0.353. The van der Waals surface area contributed by atoms with Crippen molar-refractivity contribution in [2.75, 3.05) is 46.7 Å². The van der Waals surface area contributed by atoms with E-state index < -0.39 is 0 Å². The summed E-state index contributed by atoms with van der Waals surface area (Å²) in [5.41, 5.74) is 0.979. The Morgan fingerprint density at radius 1 is 1.15 bits per heavy atom. The topological polar surface area (TPSA) is 88.6 Å². The van der Waals surface area contributed by atoms with Crippen molar-refractivity contribution < 1.29 is 14.3 Å². The molecule has 0 atom stereocenters. The SMILES string of the molecule is COc1cc(Nc2ncc(C(=O)NCCN(C)C)cn2)c(OC)cc1Cl. The molecule has 0 fully saturated rings. The summed E-state index contributed by atoms with van der Waals surface area (Å²) in [6.45, 7) is 1.30. The van der Waals surface area contributed by atoms with Crippen molar-refractivity contribution in [3.8, 4) is 11.5 Å². The molecule has 26 heavy (non-hydrogen) atoms. The Balaban J connectivity index is 2.08. The van der Waals surface area contributed by atoms with Gasteiger partial charge in [0.05, 0.1) is 30.5 Å². The van der Waals surface area contributed by atoms with Crippen molar-refractivity contribution in [1.82, 2.24) is 20.2 Å². The van der Waals surface area contributed by atoms with E-state index in [9.17, 15) is 4.79 Å². The van der Waals surface area contributed by atoms with Crippen molar-refractivity contribution in [1.29, 1.82) is 0 Å². The second kappa shape index (κ2) is 9.21. The number of benzene rings is 1. The number of rotatable bonds is 8. The van der Waals surface area contributed by atoms with Crippen LogP contribution < -0.4 is 20.1 Å². The van der Waals surface area contributed by atoms with Gasteiger partial charge in [-0.15, -0.1) is 0 Å². The predicted molar refractivity (Wildman–Crippen MR) is 101 cm³/mol. The minimum Gasteiger partial charge on any atom is -0.495 e. The monoisotopic (exact) mass is 379 g/mol. The number of methoxy groups -OCH3 is 2. The van der Waals surface area contributed by atoms with Crippen LogP contribution in [0.4, 0.5) is 11.6 Å². The largest absolute Gasteiger partial charge is 0.495 e. The average molecular weight is 380 g/mol. The third-order valence-electron chi connectivity index (χ3n) is 3.48. The van der Waals surface area contributed by atoms with Crippen LogP contribution in [-0.4, -0.2) is 62.2 Å². The summed E-state index contributed by atoms with van der Waals surface area (Å²) in [6, 6.07) is 3.32. The molecule has 0 aliphatic heterocycles. The molecule has 2 N–H and O–H groups in total. The van der Waals surface area contributed by atoms with Gasteiger partial charge in [-0.3, -0.25) is 4.79 Å². The molecule has 0 radical (unpaired) electrons. The predicted octanol–water partition coefficient (Wildman–Crippen LogP) is 2.18. The van der Waals surface area contributed by atoms with Gasteiger partial charge in [0.25, 0.3) is 5.91 Å². The van der Waals surface area contributed by atoms with Crippen LogP contribution in [0.3, 0.4) is 0 Å². The van der Waals surface area contributed by atoms with Gasteiger partial charge >= 0.3 is 0 Å². The van der Waals surface area contributed by atoms with Crippen LogP contribution in [-0.2, 0) is 0 Å². The van der Waals surface area contributed by atoms with E-state index in [2.05, 4.69) is 20.6 Å². The summed E-state index contributed by atoms with van der Waals surface area (Å²) < 4.78 is 10.5. The lowest BCUT2D eigenvalue weighted by atomic mass is 10.2. The molecular formula is C17H22ClN5O3. The minimum atomic E-state index is -0.218. The summed E-state index contributed by atoms with van der Waals surface area (Å²) in [4.78, 5) is 22.4. The van der Waals surface area contributed by atoms with E-state index in [0.717, 1.165) is 6.54 Å². The Bertz CT molecular complexity index is 753. The molecule has 2 aromatic rings. The summed E-state index contributed by atoms with van der Waals surface area (Å²) in [6.07, 6.45) is 2.92. The summed E-state index contributed by atoms with van der Waals surface area (Å²) in [7, 11) is 6.94. The number of nitrogens with one attached hydrogen (secondary N) is 2. The van der Waals surface area contributed by atoms with E-state index in [1.165, 1.54) is 26.6 Å². The van der Waals surface area contributed by atoms with Crippen molar-refractivity contribution in [3.05, 3.63) is 35.1 Å². The number of hydrogen-bond acceptors (Lipinski definition) is 7. The quantitative estimate of drug-likeness (QED) is 0.726.